The minimum atomic E-state index is -0.433. The molecule has 0 aliphatic heterocycles. The third-order valence-corrected chi connectivity index (χ3v) is 4.56. The number of benzene rings is 2. The zero-order valence-electron chi connectivity index (χ0n) is 15.8. The fourth-order valence-electron chi connectivity index (χ4n) is 2.96. The summed E-state index contributed by atoms with van der Waals surface area (Å²) in [4.78, 5) is 15.5. The molecule has 2 aromatic carbocycles. The third-order valence-electron chi connectivity index (χ3n) is 4.56. The van der Waals surface area contributed by atoms with Crippen molar-refractivity contribution in [2.24, 2.45) is 0 Å². The molecule has 1 N–H and O–H groups in total. The summed E-state index contributed by atoms with van der Waals surface area (Å²) in [5, 5.41) is 18.7. The Kier molecular flexibility index (Phi) is 4.82. The van der Waals surface area contributed by atoms with Gasteiger partial charge in [0.1, 0.15) is 5.69 Å². The van der Waals surface area contributed by atoms with E-state index in [0.29, 0.717) is 17.0 Å². The Hall–Kier alpha value is -3.94. The second-order valence-electron chi connectivity index (χ2n) is 6.67. The van der Waals surface area contributed by atoms with Crippen LogP contribution >= 0.6 is 0 Å². The second kappa shape index (κ2) is 7.59. The molecule has 0 fully saturated rings. The lowest BCUT2D eigenvalue weighted by atomic mass is 10.1. The van der Waals surface area contributed by atoms with Crippen LogP contribution in [0, 0.1) is 17.0 Å². The van der Waals surface area contributed by atoms with Crippen LogP contribution in [0.1, 0.15) is 24.1 Å². The van der Waals surface area contributed by atoms with Crippen LogP contribution in [0.15, 0.2) is 69.8 Å². The van der Waals surface area contributed by atoms with E-state index in [4.69, 9.17) is 8.94 Å². The minimum Gasteiger partial charge on any atom is -0.461 e. The maximum atomic E-state index is 11.6. The quantitative estimate of drug-likeness (QED) is 0.347. The number of nitrogens with one attached hydrogen (secondary N) is 1. The van der Waals surface area contributed by atoms with Crippen LogP contribution in [-0.2, 0) is 0 Å². The average molecular weight is 390 g/mol. The molecule has 1 unspecified atom stereocenters. The van der Waals surface area contributed by atoms with Gasteiger partial charge in [0.05, 0.1) is 11.2 Å². The van der Waals surface area contributed by atoms with Gasteiger partial charge in [-0.2, -0.15) is 4.98 Å². The molecular formula is C21H18N4O4. The highest BCUT2D eigenvalue weighted by Gasteiger charge is 2.20. The topological polar surface area (TPSA) is 107 Å². The SMILES string of the molecule is Cc1ccc(C(C)Nc2ccc(-c3nc(-c4ccco4)no3)cc2[N+](=O)[O-])cc1. The highest BCUT2D eigenvalue weighted by atomic mass is 16.6. The van der Waals surface area contributed by atoms with E-state index in [1.807, 2.05) is 38.1 Å². The van der Waals surface area contributed by atoms with Crippen molar-refractivity contribution < 1.29 is 13.9 Å². The monoisotopic (exact) mass is 390 g/mol. The number of nitro benzene ring substituents is 1. The first-order chi connectivity index (χ1) is 14.0. The average Bonchev–Trinajstić information content (AvgIpc) is 3.40. The maximum Gasteiger partial charge on any atom is 0.293 e. The molecule has 0 bridgehead atoms. The first kappa shape index (κ1) is 18.4. The lowest BCUT2D eigenvalue weighted by molar-refractivity contribution is -0.383. The number of nitro groups is 1. The lowest BCUT2D eigenvalue weighted by Crippen LogP contribution is -2.08. The van der Waals surface area contributed by atoms with Gasteiger partial charge in [-0.25, -0.2) is 0 Å². The summed E-state index contributed by atoms with van der Waals surface area (Å²) in [6, 6.07) is 16.1. The number of hydrogen-bond acceptors (Lipinski definition) is 7. The second-order valence-corrected chi connectivity index (χ2v) is 6.67. The molecule has 2 heterocycles. The summed E-state index contributed by atoms with van der Waals surface area (Å²) < 4.78 is 10.5. The molecule has 0 aliphatic carbocycles. The highest BCUT2D eigenvalue weighted by Crippen LogP contribution is 2.33. The fourth-order valence-corrected chi connectivity index (χ4v) is 2.96. The van der Waals surface area contributed by atoms with Crippen molar-refractivity contribution in [1.82, 2.24) is 10.1 Å². The Morgan fingerprint density at radius 3 is 2.62 bits per heavy atom. The number of aromatic nitrogens is 2. The van der Waals surface area contributed by atoms with E-state index in [-0.39, 0.29) is 23.4 Å². The van der Waals surface area contributed by atoms with E-state index in [9.17, 15) is 10.1 Å². The molecule has 8 nitrogen and oxygen atoms in total. The number of anilines is 1. The molecule has 29 heavy (non-hydrogen) atoms. The Labute approximate surface area is 166 Å². The van der Waals surface area contributed by atoms with Gasteiger partial charge in [0.25, 0.3) is 11.6 Å². The van der Waals surface area contributed by atoms with Gasteiger partial charge >= 0.3 is 0 Å². The first-order valence-corrected chi connectivity index (χ1v) is 9.01. The Morgan fingerprint density at radius 1 is 1.14 bits per heavy atom. The number of rotatable bonds is 6. The molecule has 0 radical (unpaired) electrons. The molecular weight excluding hydrogens is 372 g/mol. The molecule has 0 spiro atoms. The molecule has 4 rings (SSSR count). The van der Waals surface area contributed by atoms with E-state index in [0.717, 1.165) is 11.1 Å². The van der Waals surface area contributed by atoms with E-state index in [1.54, 1.807) is 24.3 Å². The molecule has 4 aromatic rings. The van der Waals surface area contributed by atoms with E-state index >= 15 is 0 Å². The molecule has 0 aliphatic rings. The van der Waals surface area contributed by atoms with Gasteiger partial charge in [0.2, 0.25) is 5.82 Å². The molecule has 0 amide bonds. The maximum absolute atomic E-state index is 11.6. The van der Waals surface area contributed by atoms with Crippen LogP contribution in [-0.4, -0.2) is 15.1 Å². The molecule has 1 atom stereocenters. The van der Waals surface area contributed by atoms with Gasteiger partial charge < -0.3 is 14.3 Å². The van der Waals surface area contributed by atoms with Gasteiger partial charge in [0.15, 0.2) is 5.76 Å². The Bertz CT molecular complexity index is 1130. The van der Waals surface area contributed by atoms with Crippen LogP contribution in [0.4, 0.5) is 11.4 Å². The zero-order chi connectivity index (χ0) is 20.4. The van der Waals surface area contributed by atoms with E-state index < -0.39 is 4.92 Å². The van der Waals surface area contributed by atoms with Crippen LogP contribution in [0.5, 0.6) is 0 Å². The van der Waals surface area contributed by atoms with Crippen molar-refractivity contribution in [3.63, 3.8) is 0 Å². The summed E-state index contributed by atoms with van der Waals surface area (Å²) in [6.45, 7) is 3.97. The van der Waals surface area contributed by atoms with Crippen molar-refractivity contribution in [3.8, 4) is 23.0 Å². The predicted octanol–water partition coefficient (Wildman–Crippen LogP) is 5.39. The first-order valence-electron chi connectivity index (χ1n) is 9.01. The predicted molar refractivity (Wildman–Crippen MR) is 107 cm³/mol. The Morgan fingerprint density at radius 2 is 1.93 bits per heavy atom. The van der Waals surface area contributed by atoms with Gasteiger partial charge in [-0.15, -0.1) is 0 Å². The van der Waals surface area contributed by atoms with Crippen molar-refractivity contribution in [1.29, 1.82) is 0 Å². The molecule has 2 aromatic heterocycles. The number of nitrogens with zero attached hydrogens (tertiary/aromatic N) is 3. The van der Waals surface area contributed by atoms with Crippen molar-refractivity contribution >= 4 is 11.4 Å². The van der Waals surface area contributed by atoms with Crippen LogP contribution < -0.4 is 5.32 Å². The minimum absolute atomic E-state index is 0.0702. The highest BCUT2D eigenvalue weighted by molar-refractivity contribution is 5.70. The van der Waals surface area contributed by atoms with Crippen molar-refractivity contribution in [2.75, 3.05) is 5.32 Å². The van der Waals surface area contributed by atoms with E-state index in [2.05, 4.69) is 15.5 Å². The smallest absolute Gasteiger partial charge is 0.293 e. The van der Waals surface area contributed by atoms with Crippen LogP contribution in [0.25, 0.3) is 23.0 Å². The largest absolute Gasteiger partial charge is 0.461 e. The Balaban J connectivity index is 1.62. The standard InChI is InChI=1S/C21H18N4O4/c1-13-5-7-15(8-6-13)14(2)22-17-10-9-16(12-18(17)25(26)27)21-23-20(24-29-21)19-4-3-11-28-19/h3-12,14,22H,1-2H3. The fraction of sp³-hybridized carbons (Fsp3) is 0.143. The molecule has 0 saturated heterocycles. The number of hydrogen-bond donors (Lipinski definition) is 1. The van der Waals surface area contributed by atoms with Crippen molar-refractivity contribution in [2.45, 2.75) is 19.9 Å². The van der Waals surface area contributed by atoms with Crippen molar-refractivity contribution in [3.05, 3.63) is 82.1 Å². The van der Waals surface area contributed by atoms with Gasteiger partial charge in [-0.1, -0.05) is 35.0 Å². The summed E-state index contributed by atoms with van der Waals surface area (Å²) in [5.74, 6) is 0.917. The van der Waals surface area contributed by atoms with Gasteiger partial charge in [-0.05, 0) is 43.7 Å². The number of furan rings is 1. The van der Waals surface area contributed by atoms with E-state index in [1.165, 1.54) is 12.3 Å². The third kappa shape index (κ3) is 3.86. The molecule has 146 valence electrons. The molecule has 8 heteroatoms. The summed E-state index contributed by atoms with van der Waals surface area (Å²) in [7, 11) is 0. The normalized spacial score (nSPS) is 11.9. The zero-order valence-corrected chi connectivity index (χ0v) is 15.8. The van der Waals surface area contributed by atoms with Crippen LogP contribution in [0.3, 0.4) is 0 Å². The summed E-state index contributed by atoms with van der Waals surface area (Å²) in [5.41, 5.74) is 2.99. The molecule has 0 saturated carbocycles. The lowest BCUT2D eigenvalue weighted by Gasteiger charge is -2.16. The summed E-state index contributed by atoms with van der Waals surface area (Å²) >= 11 is 0. The van der Waals surface area contributed by atoms with Crippen LogP contribution in [0.2, 0.25) is 0 Å². The van der Waals surface area contributed by atoms with Gasteiger partial charge in [-0.3, -0.25) is 10.1 Å². The van der Waals surface area contributed by atoms with Gasteiger partial charge in [0, 0.05) is 17.7 Å². The summed E-state index contributed by atoms with van der Waals surface area (Å²) in [6.07, 6.45) is 1.51. The number of aryl methyl sites for hydroxylation is 1.